The van der Waals surface area contributed by atoms with Crippen LogP contribution < -0.4 is 5.32 Å². The number of halogens is 2. The highest BCUT2D eigenvalue weighted by atomic mass is 35.5. The minimum atomic E-state index is -0.931. The van der Waals surface area contributed by atoms with Crippen LogP contribution in [0.25, 0.3) is 10.8 Å². The van der Waals surface area contributed by atoms with Crippen molar-refractivity contribution >= 4 is 51.5 Å². The fourth-order valence-corrected chi connectivity index (χ4v) is 3.00. The van der Waals surface area contributed by atoms with Crippen LogP contribution in [0.15, 0.2) is 60.7 Å². The molecule has 27 heavy (non-hydrogen) atoms. The van der Waals surface area contributed by atoms with Gasteiger partial charge in [-0.2, -0.15) is 0 Å². The van der Waals surface area contributed by atoms with Crippen LogP contribution in [0.2, 0.25) is 10.0 Å². The molecule has 0 aliphatic heterocycles. The number of hydrogen-bond donors (Lipinski definition) is 1. The fourth-order valence-electron chi connectivity index (χ4n) is 2.68. The second kappa shape index (κ2) is 8.42. The van der Waals surface area contributed by atoms with Gasteiger partial charge in [-0.1, -0.05) is 65.7 Å². The van der Waals surface area contributed by atoms with E-state index in [2.05, 4.69) is 5.32 Å². The van der Waals surface area contributed by atoms with E-state index in [1.807, 2.05) is 42.5 Å². The highest BCUT2D eigenvalue weighted by molar-refractivity contribution is 6.42. The Morgan fingerprint density at radius 3 is 2.52 bits per heavy atom. The average molecular weight is 402 g/mol. The molecule has 3 aromatic carbocycles. The second-order valence-electron chi connectivity index (χ2n) is 6.07. The summed E-state index contributed by atoms with van der Waals surface area (Å²) in [5.41, 5.74) is 1.33. The number of ether oxygens (including phenoxy) is 1. The number of esters is 1. The molecular formula is C21H17Cl2NO3. The van der Waals surface area contributed by atoms with Crippen molar-refractivity contribution in [3.8, 4) is 0 Å². The first-order valence-corrected chi connectivity index (χ1v) is 9.11. The van der Waals surface area contributed by atoms with Crippen LogP contribution >= 0.6 is 23.2 Å². The zero-order chi connectivity index (χ0) is 19.4. The highest BCUT2D eigenvalue weighted by Gasteiger charge is 2.19. The molecule has 0 spiro atoms. The van der Waals surface area contributed by atoms with Crippen LogP contribution in [0.5, 0.6) is 0 Å². The van der Waals surface area contributed by atoms with E-state index < -0.39 is 18.0 Å². The van der Waals surface area contributed by atoms with E-state index in [9.17, 15) is 9.59 Å². The summed E-state index contributed by atoms with van der Waals surface area (Å²) in [6.45, 7) is 1.53. The number of hydrogen-bond acceptors (Lipinski definition) is 3. The van der Waals surface area contributed by atoms with Crippen molar-refractivity contribution in [2.75, 3.05) is 5.32 Å². The van der Waals surface area contributed by atoms with E-state index in [-0.39, 0.29) is 6.42 Å². The van der Waals surface area contributed by atoms with Crippen LogP contribution in [0.1, 0.15) is 12.5 Å². The number of nitrogens with one attached hydrogen (secondary N) is 1. The molecular weight excluding hydrogens is 385 g/mol. The molecule has 3 rings (SSSR count). The van der Waals surface area contributed by atoms with Gasteiger partial charge in [-0.05, 0) is 36.1 Å². The van der Waals surface area contributed by atoms with Crippen LogP contribution in [-0.4, -0.2) is 18.0 Å². The monoisotopic (exact) mass is 401 g/mol. The molecule has 138 valence electrons. The summed E-state index contributed by atoms with van der Waals surface area (Å²) >= 11 is 11.8. The van der Waals surface area contributed by atoms with Gasteiger partial charge in [0.05, 0.1) is 16.5 Å². The summed E-state index contributed by atoms with van der Waals surface area (Å²) in [6, 6.07) is 18.3. The Balaban J connectivity index is 1.63. The summed E-state index contributed by atoms with van der Waals surface area (Å²) in [5, 5.41) is 5.53. The molecule has 0 saturated carbocycles. The van der Waals surface area contributed by atoms with Crippen LogP contribution in [0.3, 0.4) is 0 Å². The number of benzene rings is 3. The molecule has 0 fully saturated rings. The van der Waals surface area contributed by atoms with Gasteiger partial charge < -0.3 is 10.1 Å². The van der Waals surface area contributed by atoms with Gasteiger partial charge in [-0.3, -0.25) is 9.59 Å². The minimum Gasteiger partial charge on any atom is -0.452 e. The van der Waals surface area contributed by atoms with Gasteiger partial charge >= 0.3 is 5.97 Å². The van der Waals surface area contributed by atoms with E-state index in [0.717, 1.165) is 10.8 Å². The third-order valence-corrected chi connectivity index (χ3v) is 4.80. The fraction of sp³-hybridized carbons (Fsp3) is 0.143. The number of carbonyl (C=O) groups is 2. The smallest absolute Gasteiger partial charge is 0.311 e. The van der Waals surface area contributed by atoms with Crippen LogP contribution in [0.4, 0.5) is 5.69 Å². The van der Waals surface area contributed by atoms with Gasteiger partial charge in [0, 0.05) is 11.1 Å². The lowest BCUT2D eigenvalue weighted by Gasteiger charge is -2.15. The molecule has 0 radical (unpaired) electrons. The average Bonchev–Trinajstić information content (AvgIpc) is 2.65. The molecule has 0 heterocycles. The Hall–Kier alpha value is -2.56. The Bertz CT molecular complexity index is 998. The molecule has 4 nitrogen and oxygen atoms in total. The lowest BCUT2D eigenvalue weighted by molar-refractivity contribution is -0.152. The standard InChI is InChI=1S/C21H17Cl2NO3/c1-13(27-20(25)12-14-9-10-17(22)18(23)11-14)21(26)24-19-8-4-6-15-5-2-3-7-16(15)19/h2-11,13H,12H2,1H3,(H,24,26)/t13-/m1/s1. The Kier molecular flexibility index (Phi) is 5.99. The first kappa shape index (κ1) is 19.2. The van der Waals surface area contributed by atoms with E-state index in [0.29, 0.717) is 21.3 Å². The number of rotatable bonds is 5. The van der Waals surface area contributed by atoms with Crippen molar-refractivity contribution in [1.82, 2.24) is 0 Å². The lowest BCUT2D eigenvalue weighted by atomic mass is 10.1. The van der Waals surface area contributed by atoms with Gasteiger partial charge in [0.1, 0.15) is 0 Å². The summed E-state index contributed by atoms with van der Waals surface area (Å²) in [4.78, 5) is 24.5. The Morgan fingerprint density at radius 1 is 1.00 bits per heavy atom. The van der Waals surface area contributed by atoms with E-state index >= 15 is 0 Å². The van der Waals surface area contributed by atoms with Crippen molar-refractivity contribution in [2.45, 2.75) is 19.4 Å². The SMILES string of the molecule is C[C@@H](OC(=O)Cc1ccc(Cl)c(Cl)c1)C(=O)Nc1cccc2ccccc12. The molecule has 0 aromatic heterocycles. The van der Waals surface area contributed by atoms with E-state index in [4.69, 9.17) is 27.9 Å². The van der Waals surface area contributed by atoms with Crippen molar-refractivity contribution in [3.63, 3.8) is 0 Å². The maximum Gasteiger partial charge on any atom is 0.311 e. The Labute approximate surface area is 167 Å². The maximum absolute atomic E-state index is 12.4. The molecule has 3 aromatic rings. The first-order chi connectivity index (χ1) is 12.9. The van der Waals surface area contributed by atoms with E-state index in [1.54, 1.807) is 18.2 Å². The zero-order valence-electron chi connectivity index (χ0n) is 14.5. The van der Waals surface area contributed by atoms with Gasteiger partial charge in [0.2, 0.25) is 0 Å². The number of anilines is 1. The zero-order valence-corrected chi connectivity index (χ0v) is 16.1. The summed E-state index contributed by atoms with van der Waals surface area (Å²) < 4.78 is 5.24. The van der Waals surface area contributed by atoms with Gasteiger partial charge in [-0.15, -0.1) is 0 Å². The second-order valence-corrected chi connectivity index (χ2v) is 6.89. The summed E-state index contributed by atoms with van der Waals surface area (Å²) in [5.74, 6) is -0.914. The van der Waals surface area contributed by atoms with Crippen molar-refractivity contribution in [1.29, 1.82) is 0 Å². The van der Waals surface area contributed by atoms with Crippen molar-refractivity contribution in [3.05, 3.63) is 76.3 Å². The first-order valence-electron chi connectivity index (χ1n) is 8.36. The lowest BCUT2D eigenvalue weighted by Crippen LogP contribution is -2.30. The third kappa shape index (κ3) is 4.79. The normalized spacial score (nSPS) is 11.8. The van der Waals surface area contributed by atoms with Crippen LogP contribution in [0, 0.1) is 0 Å². The molecule has 0 aliphatic carbocycles. The van der Waals surface area contributed by atoms with Crippen LogP contribution in [-0.2, 0) is 20.7 Å². The molecule has 0 bridgehead atoms. The molecule has 6 heteroatoms. The van der Waals surface area contributed by atoms with Gasteiger partial charge in [0.25, 0.3) is 5.91 Å². The van der Waals surface area contributed by atoms with Gasteiger partial charge in [-0.25, -0.2) is 0 Å². The maximum atomic E-state index is 12.4. The predicted molar refractivity (Wildman–Crippen MR) is 108 cm³/mol. The molecule has 0 unspecified atom stereocenters. The highest BCUT2D eigenvalue weighted by Crippen LogP contribution is 2.24. The summed E-state index contributed by atoms with van der Waals surface area (Å²) in [7, 11) is 0. The number of fused-ring (bicyclic) bond motifs is 1. The quantitative estimate of drug-likeness (QED) is 0.593. The topological polar surface area (TPSA) is 55.4 Å². The molecule has 1 N–H and O–H groups in total. The predicted octanol–water partition coefficient (Wildman–Crippen LogP) is 5.26. The molecule has 1 amide bonds. The minimum absolute atomic E-state index is 0.00275. The van der Waals surface area contributed by atoms with Gasteiger partial charge in [0.15, 0.2) is 6.10 Å². The summed E-state index contributed by atoms with van der Waals surface area (Å²) in [6.07, 6.45) is -0.929. The van der Waals surface area contributed by atoms with Crippen molar-refractivity contribution < 1.29 is 14.3 Å². The number of carbonyl (C=O) groups excluding carboxylic acids is 2. The largest absolute Gasteiger partial charge is 0.452 e. The molecule has 0 aliphatic rings. The molecule has 0 saturated heterocycles. The molecule has 1 atom stereocenters. The van der Waals surface area contributed by atoms with Crippen molar-refractivity contribution in [2.24, 2.45) is 0 Å². The third-order valence-electron chi connectivity index (χ3n) is 4.06. The Morgan fingerprint density at radius 2 is 1.74 bits per heavy atom. The number of amides is 1. The van der Waals surface area contributed by atoms with E-state index in [1.165, 1.54) is 6.92 Å².